The molecular formula is C15H22O2S. The topological polar surface area (TPSA) is 26.3 Å². The fraction of sp³-hybridized carbons (Fsp3) is 0.400. The van der Waals surface area contributed by atoms with Crippen molar-refractivity contribution in [3.63, 3.8) is 0 Å². The molecule has 0 fully saturated rings. The van der Waals surface area contributed by atoms with Crippen LogP contribution in [0.25, 0.3) is 6.08 Å². The van der Waals surface area contributed by atoms with Gasteiger partial charge in [-0.1, -0.05) is 43.7 Å². The van der Waals surface area contributed by atoms with Crippen molar-refractivity contribution in [1.29, 1.82) is 0 Å². The van der Waals surface area contributed by atoms with Crippen LogP contribution in [0.4, 0.5) is 0 Å². The van der Waals surface area contributed by atoms with Gasteiger partial charge >= 0.3 is 0 Å². The first kappa shape index (κ1) is 16.9. The summed E-state index contributed by atoms with van der Waals surface area (Å²) in [6.45, 7) is 4.20. The largest absolute Gasteiger partial charge is 0.319 e. The van der Waals surface area contributed by atoms with Gasteiger partial charge in [0.25, 0.3) is 0 Å². The summed E-state index contributed by atoms with van der Waals surface area (Å²) in [6, 6.07) is 7.94. The van der Waals surface area contributed by atoms with Gasteiger partial charge in [-0.05, 0) is 42.6 Å². The Hall–Kier alpha value is -1.06. The molecule has 0 atom stereocenters. The average Bonchev–Trinajstić information content (AvgIpc) is 2.39. The van der Waals surface area contributed by atoms with Gasteiger partial charge < -0.3 is 4.18 Å². The summed E-state index contributed by atoms with van der Waals surface area (Å²) < 4.78 is 4.76. The molecule has 0 saturated carbocycles. The molecule has 0 N–H and O–H groups in total. The maximum Gasteiger partial charge on any atom is 0.142 e. The minimum Gasteiger partial charge on any atom is -0.319 e. The van der Waals surface area contributed by atoms with Crippen molar-refractivity contribution >= 4 is 24.4 Å². The zero-order valence-electron chi connectivity index (χ0n) is 11.4. The molecule has 1 aromatic carbocycles. The second-order valence-corrected chi connectivity index (χ2v) is 4.67. The molecule has 0 heterocycles. The van der Waals surface area contributed by atoms with E-state index in [-0.39, 0.29) is 0 Å². The van der Waals surface area contributed by atoms with Crippen molar-refractivity contribution in [3.8, 4) is 0 Å². The molecule has 0 radical (unpaired) electrons. The molecule has 0 aliphatic heterocycles. The molecule has 0 amide bonds. The summed E-state index contributed by atoms with van der Waals surface area (Å²) in [7, 11) is 1.71. The first-order valence-corrected chi connectivity index (χ1v) is 7.00. The minimum absolute atomic E-state index is 0.784. The number of benzene rings is 1. The SMILES string of the molecule is CCCCSOC.Cc1ccccc1/C=C/C=O. The van der Waals surface area contributed by atoms with Crippen LogP contribution in [0.2, 0.25) is 0 Å². The second-order valence-electron chi connectivity index (χ2n) is 3.69. The smallest absolute Gasteiger partial charge is 0.142 e. The van der Waals surface area contributed by atoms with E-state index in [0.29, 0.717) is 0 Å². The number of aldehydes is 1. The van der Waals surface area contributed by atoms with Crippen molar-refractivity contribution in [1.82, 2.24) is 0 Å². The monoisotopic (exact) mass is 266 g/mol. The Morgan fingerprint density at radius 2 is 2.06 bits per heavy atom. The summed E-state index contributed by atoms with van der Waals surface area (Å²) >= 11 is 1.53. The van der Waals surface area contributed by atoms with Gasteiger partial charge in [0.15, 0.2) is 0 Å². The summed E-state index contributed by atoms with van der Waals surface area (Å²) in [5.41, 5.74) is 2.28. The van der Waals surface area contributed by atoms with E-state index >= 15 is 0 Å². The standard InChI is InChI=1S/C10H10O.C5H12OS/c1-9-5-2-3-6-10(9)7-4-8-11;1-3-4-5-7-6-2/h2-8H,1H3;3-5H2,1-2H3/b7-4+;. The van der Waals surface area contributed by atoms with E-state index in [1.54, 1.807) is 7.11 Å². The van der Waals surface area contributed by atoms with Crippen molar-refractivity contribution in [2.24, 2.45) is 0 Å². The third-order valence-corrected chi connectivity index (χ3v) is 2.93. The van der Waals surface area contributed by atoms with E-state index in [4.69, 9.17) is 4.18 Å². The molecule has 0 saturated heterocycles. The van der Waals surface area contributed by atoms with Gasteiger partial charge in [-0.25, -0.2) is 0 Å². The number of unbranched alkanes of at least 4 members (excludes halogenated alkanes) is 1. The maximum atomic E-state index is 10.0. The number of allylic oxidation sites excluding steroid dienone is 1. The van der Waals surface area contributed by atoms with Gasteiger partial charge in [0.1, 0.15) is 6.29 Å². The highest BCUT2D eigenvalue weighted by molar-refractivity contribution is 7.94. The van der Waals surface area contributed by atoms with Gasteiger partial charge in [0, 0.05) is 5.75 Å². The van der Waals surface area contributed by atoms with Gasteiger partial charge in [-0.3, -0.25) is 4.79 Å². The Morgan fingerprint density at radius 3 is 2.61 bits per heavy atom. The highest BCUT2D eigenvalue weighted by Gasteiger charge is 1.88. The van der Waals surface area contributed by atoms with Crippen LogP contribution in [-0.2, 0) is 8.98 Å². The number of carbonyl (C=O) groups excluding carboxylic acids is 1. The van der Waals surface area contributed by atoms with E-state index in [1.807, 2.05) is 37.3 Å². The maximum absolute atomic E-state index is 10.0. The molecule has 18 heavy (non-hydrogen) atoms. The molecule has 1 aromatic rings. The van der Waals surface area contributed by atoms with E-state index in [1.165, 1.54) is 36.5 Å². The van der Waals surface area contributed by atoms with Gasteiger partial charge in [-0.15, -0.1) is 0 Å². The lowest BCUT2D eigenvalue weighted by atomic mass is 10.1. The summed E-state index contributed by atoms with van der Waals surface area (Å²) in [5, 5.41) is 0. The van der Waals surface area contributed by atoms with E-state index < -0.39 is 0 Å². The predicted molar refractivity (Wildman–Crippen MR) is 80.7 cm³/mol. The summed E-state index contributed by atoms with van der Waals surface area (Å²) in [4.78, 5) is 10.0. The van der Waals surface area contributed by atoms with Crippen LogP contribution in [-0.4, -0.2) is 19.1 Å². The first-order valence-electron chi connectivity index (χ1n) is 6.09. The number of hydrogen-bond acceptors (Lipinski definition) is 3. The van der Waals surface area contributed by atoms with Gasteiger partial charge in [-0.2, -0.15) is 0 Å². The zero-order valence-corrected chi connectivity index (χ0v) is 12.2. The molecule has 100 valence electrons. The summed E-state index contributed by atoms with van der Waals surface area (Å²) in [5.74, 6) is 1.13. The van der Waals surface area contributed by atoms with Crippen LogP contribution in [0, 0.1) is 6.92 Å². The quantitative estimate of drug-likeness (QED) is 0.332. The van der Waals surface area contributed by atoms with Crippen LogP contribution >= 0.6 is 12.0 Å². The molecule has 0 aliphatic rings. The molecule has 0 unspecified atom stereocenters. The highest BCUT2D eigenvalue weighted by Crippen LogP contribution is 2.07. The molecule has 2 nitrogen and oxygen atoms in total. The normalized spacial score (nSPS) is 9.94. The van der Waals surface area contributed by atoms with E-state index in [2.05, 4.69) is 6.92 Å². The summed E-state index contributed by atoms with van der Waals surface area (Å²) in [6.07, 6.45) is 6.62. The predicted octanol–water partition coefficient (Wildman–Crippen LogP) is 4.29. The van der Waals surface area contributed by atoms with Crippen LogP contribution in [0.5, 0.6) is 0 Å². The second kappa shape index (κ2) is 12.4. The third kappa shape index (κ3) is 9.02. The number of rotatable bonds is 6. The fourth-order valence-electron chi connectivity index (χ4n) is 1.20. The number of aryl methyl sites for hydroxylation is 1. The molecule has 0 bridgehead atoms. The third-order valence-electron chi connectivity index (χ3n) is 2.24. The van der Waals surface area contributed by atoms with E-state index in [0.717, 1.165) is 17.6 Å². The Kier molecular flexibility index (Phi) is 11.7. The molecule has 1 rings (SSSR count). The number of hydrogen-bond donors (Lipinski definition) is 0. The lowest BCUT2D eigenvalue weighted by molar-refractivity contribution is -0.104. The van der Waals surface area contributed by atoms with Crippen molar-refractivity contribution in [2.45, 2.75) is 26.7 Å². The molecule has 0 aliphatic carbocycles. The molecule has 3 heteroatoms. The Bertz CT molecular complexity index is 344. The van der Waals surface area contributed by atoms with E-state index in [9.17, 15) is 4.79 Å². The minimum atomic E-state index is 0.784. The van der Waals surface area contributed by atoms with Crippen LogP contribution < -0.4 is 0 Å². The lowest BCUT2D eigenvalue weighted by Gasteiger charge is -1.96. The van der Waals surface area contributed by atoms with Gasteiger partial charge in [0.2, 0.25) is 0 Å². The average molecular weight is 266 g/mol. The molecular weight excluding hydrogens is 244 g/mol. The van der Waals surface area contributed by atoms with Crippen molar-refractivity contribution < 1.29 is 8.98 Å². The Morgan fingerprint density at radius 1 is 1.33 bits per heavy atom. The van der Waals surface area contributed by atoms with Crippen LogP contribution in [0.3, 0.4) is 0 Å². The zero-order chi connectivity index (χ0) is 13.6. The number of carbonyl (C=O) groups is 1. The van der Waals surface area contributed by atoms with Crippen LogP contribution in [0.1, 0.15) is 30.9 Å². The molecule has 0 aromatic heterocycles. The lowest BCUT2D eigenvalue weighted by Crippen LogP contribution is -1.77. The first-order chi connectivity index (χ1) is 8.76. The highest BCUT2D eigenvalue weighted by atomic mass is 32.2. The Balaban J connectivity index is 0.000000360. The Labute approximate surface area is 115 Å². The fourth-order valence-corrected chi connectivity index (χ4v) is 1.78. The van der Waals surface area contributed by atoms with Crippen LogP contribution in [0.15, 0.2) is 30.3 Å². The van der Waals surface area contributed by atoms with Gasteiger partial charge in [0.05, 0.1) is 7.11 Å². The molecule has 0 spiro atoms. The van der Waals surface area contributed by atoms with Crippen molar-refractivity contribution in [3.05, 3.63) is 41.5 Å². The van der Waals surface area contributed by atoms with Crippen molar-refractivity contribution in [2.75, 3.05) is 12.9 Å².